The lowest BCUT2D eigenvalue weighted by molar-refractivity contribution is -0.118. The van der Waals surface area contributed by atoms with E-state index in [1.54, 1.807) is 0 Å². The molecule has 0 aromatic heterocycles. The van der Waals surface area contributed by atoms with E-state index >= 15 is 0 Å². The highest BCUT2D eigenvalue weighted by Crippen LogP contribution is 2.15. The molecule has 0 radical (unpaired) electrons. The van der Waals surface area contributed by atoms with Gasteiger partial charge in [0, 0.05) is 5.75 Å². The van der Waals surface area contributed by atoms with Crippen molar-refractivity contribution in [3.8, 4) is 0 Å². The zero-order chi connectivity index (χ0) is 9.68. The number of rotatable bonds is 5. The number of urea groups is 1. The molecule has 0 spiro atoms. The number of hydrogen-bond donors (Lipinski definition) is 1. The maximum absolute atomic E-state index is 11.0. The molecule has 0 saturated carbocycles. The van der Waals surface area contributed by atoms with Gasteiger partial charge in [-0.2, -0.15) is 0 Å². The first-order chi connectivity index (χ1) is 6.24. The molecule has 0 atom stereocenters. The van der Waals surface area contributed by atoms with Crippen LogP contribution < -0.4 is 5.32 Å². The number of carbonyl (C=O) groups is 2. The Morgan fingerprint density at radius 1 is 1.46 bits per heavy atom. The second kappa shape index (κ2) is 5.11. The molecule has 0 unspecified atom stereocenters. The highest BCUT2D eigenvalue weighted by molar-refractivity contribution is 7.97. The summed E-state index contributed by atoms with van der Waals surface area (Å²) in [4.78, 5) is 21.8. The summed E-state index contributed by atoms with van der Waals surface area (Å²) in [6.45, 7) is 2.34. The molecule has 1 aliphatic heterocycles. The van der Waals surface area contributed by atoms with E-state index in [0.29, 0.717) is 0 Å². The monoisotopic (exact) mass is 202 g/mol. The molecule has 1 saturated heterocycles. The lowest BCUT2D eigenvalue weighted by Crippen LogP contribution is -2.23. The maximum atomic E-state index is 11.0. The van der Waals surface area contributed by atoms with Crippen molar-refractivity contribution in [3.05, 3.63) is 0 Å². The predicted octanol–water partition coefficient (Wildman–Crippen LogP) is 1.38. The van der Waals surface area contributed by atoms with Crippen LogP contribution in [0.25, 0.3) is 0 Å². The number of hydrogen-bond acceptors (Lipinski definition) is 3. The molecule has 13 heavy (non-hydrogen) atoms. The summed E-state index contributed by atoms with van der Waals surface area (Å²) < 4.78 is 1.48. The third-order valence-corrected chi connectivity index (χ3v) is 2.83. The van der Waals surface area contributed by atoms with E-state index in [1.165, 1.54) is 29.1 Å². The molecule has 0 aromatic carbocycles. The van der Waals surface area contributed by atoms with Crippen LogP contribution in [-0.4, -0.2) is 28.5 Å². The summed E-state index contributed by atoms with van der Waals surface area (Å²) in [5, 5.41) is 2.23. The van der Waals surface area contributed by atoms with E-state index in [2.05, 4.69) is 12.2 Å². The van der Waals surface area contributed by atoms with E-state index in [1.807, 2.05) is 0 Å². The first-order valence-electron chi connectivity index (χ1n) is 4.48. The van der Waals surface area contributed by atoms with Crippen molar-refractivity contribution in [2.45, 2.75) is 26.2 Å². The van der Waals surface area contributed by atoms with Crippen LogP contribution in [0.1, 0.15) is 26.2 Å². The van der Waals surface area contributed by atoms with Gasteiger partial charge in [0.1, 0.15) is 6.54 Å². The maximum Gasteiger partial charge on any atom is 0.334 e. The third kappa shape index (κ3) is 3.26. The first-order valence-corrected chi connectivity index (χ1v) is 5.42. The molecule has 74 valence electrons. The lowest BCUT2D eigenvalue weighted by atomic mass is 10.3. The zero-order valence-electron chi connectivity index (χ0n) is 7.71. The van der Waals surface area contributed by atoms with Gasteiger partial charge in [-0.3, -0.25) is 14.4 Å². The van der Waals surface area contributed by atoms with Crippen LogP contribution in [0.5, 0.6) is 0 Å². The van der Waals surface area contributed by atoms with Gasteiger partial charge < -0.3 is 0 Å². The van der Waals surface area contributed by atoms with Crippen LogP contribution >= 0.6 is 11.9 Å². The minimum Gasteiger partial charge on any atom is -0.276 e. The van der Waals surface area contributed by atoms with E-state index in [0.717, 1.165) is 12.2 Å². The fraction of sp³-hybridized carbons (Fsp3) is 0.750. The van der Waals surface area contributed by atoms with Gasteiger partial charge in [0.2, 0.25) is 5.91 Å². The van der Waals surface area contributed by atoms with Crippen LogP contribution in [-0.2, 0) is 4.79 Å². The Labute approximate surface area is 82.2 Å². The summed E-state index contributed by atoms with van der Waals surface area (Å²) in [5.41, 5.74) is 0. The summed E-state index contributed by atoms with van der Waals surface area (Å²) in [6.07, 6.45) is 3.45. The number of carbonyl (C=O) groups excluding carboxylic acids is 2. The fourth-order valence-electron chi connectivity index (χ4n) is 1.05. The number of amides is 3. The number of nitrogens with zero attached hydrogens (tertiary/aromatic N) is 1. The van der Waals surface area contributed by atoms with Crippen molar-refractivity contribution in [1.82, 2.24) is 9.62 Å². The van der Waals surface area contributed by atoms with E-state index in [9.17, 15) is 9.59 Å². The Hall–Kier alpha value is -0.710. The molecule has 0 aliphatic carbocycles. The minimum atomic E-state index is -0.272. The van der Waals surface area contributed by atoms with Gasteiger partial charge in [0.25, 0.3) is 0 Å². The summed E-state index contributed by atoms with van der Waals surface area (Å²) in [7, 11) is 0. The minimum absolute atomic E-state index is 0.201. The second-order valence-corrected chi connectivity index (χ2v) is 4.04. The van der Waals surface area contributed by atoms with Crippen molar-refractivity contribution < 1.29 is 9.59 Å². The molecule has 0 bridgehead atoms. The molecular weight excluding hydrogens is 188 g/mol. The van der Waals surface area contributed by atoms with Crippen molar-refractivity contribution in [2.24, 2.45) is 0 Å². The van der Waals surface area contributed by atoms with Gasteiger partial charge >= 0.3 is 6.03 Å². The molecule has 0 aromatic rings. The summed E-state index contributed by atoms with van der Waals surface area (Å²) >= 11 is 1.44. The Morgan fingerprint density at radius 3 is 2.77 bits per heavy atom. The third-order valence-electron chi connectivity index (χ3n) is 1.76. The zero-order valence-corrected chi connectivity index (χ0v) is 8.52. The topological polar surface area (TPSA) is 49.4 Å². The highest BCUT2D eigenvalue weighted by atomic mass is 32.2. The van der Waals surface area contributed by atoms with E-state index in [-0.39, 0.29) is 18.5 Å². The predicted molar refractivity (Wildman–Crippen MR) is 52.2 cm³/mol. The van der Waals surface area contributed by atoms with Crippen LogP contribution in [0.15, 0.2) is 0 Å². The van der Waals surface area contributed by atoms with Crippen LogP contribution in [0, 0.1) is 0 Å². The quantitative estimate of drug-likeness (QED) is 0.416. The molecule has 5 heteroatoms. The van der Waals surface area contributed by atoms with Crippen LogP contribution in [0.2, 0.25) is 0 Å². The van der Waals surface area contributed by atoms with Crippen molar-refractivity contribution in [2.75, 3.05) is 12.3 Å². The Balaban J connectivity index is 2.14. The SMILES string of the molecule is CCCCCSN1CC(=O)NC1=O. The normalized spacial score (nSPS) is 16.5. The van der Waals surface area contributed by atoms with Gasteiger partial charge in [-0.15, -0.1) is 0 Å². The molecule has 4 nitrogen and oxygen atoms in total. The van der Waals surface area contributed by atoms with E-state index in [4.69, 9.17) is 0 Å². The average Bonchev–Trinajstić information content (AvgIpc) is 2.39. The van der Waals surface area contributed by atoms with Crippen molar-refractivity contribution in [1.29, 1.82) is 0 Å². The lowest BCUT2D eigenvalue weighted by Gasteiger charge is -2.10. The van der Waals surface area contributed by atoms with Crippen molar-refractivity contribution >= 4 is 23.9 Å². The molecule has 1 heterocycles. The molecule has 1 rings (SSSR count). The second-order valence-electron chi connectivity index (χ2n) is 2.93. The Morgan fingerprint density at radius 2 is 2.23 bits per heavy atom. The van der Waals surface area contributed by atoms with Gasteiger partial charge in [0.15, 0.2) is 0 Å². The van der Waals surface area contributed by atoms with Gasteiger partial charge in [-0.1, -0.05) is 19.8 Å². The molecule has 1 N–H and O–H groups in total. The average molecular weight is 202 g/mol. The van der Waals surface area contributed by atoms with Crippen molar-refractivity contribution in [3.63, 3.8) is 0 Å². The molecule has 3 amide bonds. The highest BCUT2D eigenvalue weighted by Gasteiger charge is 2.26. The number of nitrogens with one attached hydrogen (secondary N) is 1. The van der Waals surface area contributed by atoms with Gasteiger partial charge in [-0.05, 0) is 18.4 Å². The largest absolute Gasteiger partial charge is 0.334 e. The Bertz CT molecular complexity index is 208. The van der Waals surface area contributed by atoms with Crippen LogP contribution in [0.4, 0.5) is 4.79 Å². The number of unbranched alkanes of at least 4 members (excludes halogenated alkanes) is 2. The van der Waals surface area contributed by atoms with Gasteiger partial charge in [0.05, 0.1) is 0 Å². The Kier molecular flexibility index (Phi) is 4.08. The standard InChI is InChI=1S/C8H14N2O2S/c1-2-3-4-5-13-10-6-7(11)9-8(10)12/h2-6H2,1H3,(H,9,11,12). The van der Waals surface area contributed by atoms with E-state index < -0.39 is 0 Å². The summed E-state index contributed by atoms with van der Waals surface area (Å²) in [6, 6.07) is -0.272. The molecular formula is C8H14N2O2S. The smallest absolute Gasteiger partial charge is 0.276 e. The number of imide groups is 1. The van der Waals surface area contributed by atoms with Gasteiger partial charge in [-0.25, -0.2) is 4.79 Å². The summed E-state index contributed by atoms with van der Waals surface area (Å²) in [5.74, 6) is 0.710. The van der Waals surface area contributed by atoms with Crippen LogP contribution in [0.3, 0.4) is 0 Å². The first kappa shape index (κ1) is 10.4. The molecule has 1 fully saturated rings. The fourth-order valence-corrected chi connectivity index (χ4v) is 1.98. The molecule has 1 aliphatic rings.